The number of nitrogens with one attached hydrogen (secondary N) is 1. The van der Waals surface area contributed by atoms with Gasteiger partial charge in [0.25, 0.3) is 5.91 Å². The number of halogens is 1. The number of hydrogen-bond donors (Lipinski definition) is 6. The molecule has 1 amide bonds. The van der Waals surface area contributed by atoms with Crippen LogP contribution in [0.5, 0.6) is 5.75 Å². The Morgan fingerprint density at radius 3 is 2.37 bits per heavy atom. The molecule has 0 radical (unpaired) electrons. The third kappa shape index (κ3) is 4.98. The Labute approximate surface area is 270 Å². The lowest BCUT2D eigenvalue weighted by atomic mass is 9.58. The second kappa shape index (κ2) is 11.7. The number of amides is 1. The molecule has 0 bridgehead atoms. The van der Waals surface area contributed by atoms with E-state index in [1.54, 1.807) is 20.2 Å². The maximum absolute atomic E-state index is 14.0. The number of nitrogens with two attached hydrogens (primary N) is 1. The minimum atomic E-state index is -2.67. The number of benzene rings is 3. The van der Waals surface area contributed by atoms with Crippen LogP contribution in [-0.2, 0) is 29.1 Å². The molecule has 0 unspecified atom stereocenters. The van der Waals surface area contributed by atoms with E-state index in [4.69, 9.17) is 17.3 Å². The smallest absolute Gasteiger partial charge is 0.255 e. The van der Waals surface area contributed by atoms with Crippen molar-refractivity contribution in [2.24, 2.45) is 17.6 Å². The molecule has 3 aromatic rings. The molecule has 0 aliphatic heterocycles. The van der Waals surface area contributed by atoms with Crippen molar-refractivity contribution in [3.63, 3.8) is 0 Å². The Morgan fingerprint density at radius 2 is 1.72 bits per heavy atom. The maximum Gasteiger partial charge on any atom is 0.255 e. The zero-order valence-electron chi connectivity index (χ0n) is 25.3. The summed E-state index contributed by atoms with van der Waals surface area (Å²) in [7, 11) is 3.19. The molecule has 0 spiro atoms. The van der Waals surface area contributed by atoms with Crippen molar-refractivity contribution in [3.05, 3.63) is 111 Å². The third-order valence-corrected chi connectivity index (χ3v) is 9.65. The van der Waals surface area contributed by atoms with Gasteiger partial charge in [0, 0.05) is 29.6 Å². The number of Topliss-reactive ketones (excluding diaryl/α,β-unsaturated/α-hetero) is 2. The summed E-state index contributed by atoms with van der Waals surface area (Å²) in [5.74, 6) is -6.75. The van der Waals surface area contributed by atoms with Gasteiger partial charge >= 0.3 is 0 Å². The summed E-state index contributed by atoms with van der Waals surface area (Å²) in [4.78, 5) is 41.2. The van der Waals surface area contributed by atoms with Crippen molar-refractivity contribution in [2.75, 3.05) is 14.1 Å². The summed E-state index contributed by atoms with van der Waals surface area (Å²) >= 11 is 6.08. The number of carbonyl (C=O) groups is 3. The van der Waals surface area contributed by atoms with E-state index >= 15 is 0 Å². The van der Waals surface area contributed by atoms with Gasteiger partial charge in [-0.05, 0) is 78.9 Å². The molecule has 0 fully saturated rings. The molecule has 3 aliphatic carbocycles. The number of primary amides is 1. The van der Waals surface area contributed by atoms with Gasteiger partial charge in [0.05, 0.1) is 11.6 Å². The number of aliphatic hydroxyl groups is 3. The highest BCUT2D eigenvalue weighted by Gasteiger charge is 2.63. The molecule has 3 aliphatic rings. The molecule has 46 heavy (non-hydrogen) atoms. The molecule has 11 heteroatoms. The van der Waals surface area contributed by atoms with Crippen LogP contribution in [0.15, 0.2) is 83.3 Å². The Morgan fingerprint density at radius 1 is 1.02 bits per heavy atom. The molecule has 10 nitrogen and oxygen atoms in total. The molecule has 4 atom stereocenters. The van der Waals surface area contributed by atoms with Gasteiger partial charge in [0.2, 0.25) is 5.78 Å². The molecular weight excluding hydrogens is 610 g/mol. The quantitative estimate of drug-likeness (QED) is 0.210. The third-order valence-electron chi connectivity index (χ3n) is 9.42. The van der Waals surface area contributed by atoms with Crippen molar-refractivity contribution in [3.8, 4) is 16.9 Å². The fourth-order valence-electron chi connectivity index (χ4n) is 7.32. The summed E-state index contributed by atoms with van der Waals surface area (Å²) in [6, 6.07) is 17.6. The Bertz CT molecular complexity index is 1850. The van der Waals surface area contributed by atoms with Gasteiger partial charge in [0.15, 0.2) is 11.4 Å². The van der Waals surface area contributed by atoms with Crippen LogP contribution in [0.25, 0.3) is 11.1 Å². The van der Waals surface area contributed by atoms with Crippen LogP contribution in [0, 0.1) is 11.8 Å². The average molecular weight is 644 g/mol. The summed E-state index contributed by atoms with van der Waals surface area (Å²) in [6.45, 7) is 1.26. The number of hydrogen-bond acceptors (Lipinski definition) is 9. The van der Waals surface area contributed by atoms with Gasteiger partial charge in [-0.1, -0.05) is 54.1 Å². The first kappa shape index (κ1) is 31.5. The van der Waals surface area contributed by atoms with E-state index in [1.807, 2.05) is 48.5 Å². The molecule has 0 aromatic heterocycles. The van der Waals surface area contributed by atoms with E-state index in [2.05, 4.69) is 5.32 Å². The van der Waals surface area contributed by atoms with Gasteiger partial charge in [0.1, 0.15) is 22.8 Å². The lowest BCUT2D eigenvalue weighted by molar-refractivity contribution is -0.148. The highest BCUT2D eigenvalue weighted by molar-refractivity contribution is 6.30. The summed E-state index contributed by atoms with van der Waals surface area (Å²) in [5, 5.41) is 49.2. The molecule has 6 rings (SSSR count). The second-order valence-corrected chi connectivity index (χ2v) is 12.8. The number of nitrogens with zero attached hydrogens (tertiary/aromatic N) is 1. The number of allylic oxidation sites excluding steroid dienone is 1. The van der Waals surface area contributed by atoms with Gasteiger partial charge in [-0.25, -0.2) is 0 Å². The van der Waals surface area contributed by atoms with Gasteiger partial charge in [-0.2, -0.15) is 0 Å². The first-order valence-electron chi connectivity index (χ1n) is 14.9. The molecule has 3 aromatic carbocycles. The van der Waals surface area contributed by atoms with E-state index in [0.717, 1.165) is 22.3 Å². The van der Waals surface area contributed by atoms with Gasteiger partial charge in [-0.3, -0.25) is 19.3 Å². The molecule has 0 heterocycles. The zero-order valence-corrected chi connectivity index (χ0v) is 26.0. The first-order chi connectivity index (χ1) is 21.8. The Balaban J connectivity index is 1.34. The topological polar surface area (TPSA) is 173 Å². The Kier molecular flexibility index (Phi) is 8.02. The SMILES string of the molecule is CN(C)[C@@H]1C(O)=C(C(N)=O)C(=O)[C@@]2(O)C(O)=C3C(=O)c4c(O)ccc(-c5ccc(CNCc6cccc(Cl)c6)cc5)c4C[C@H]3C[C@@H]12. The highest BCUT2D eigenvalue weighted by Crippen LogP contribution is 2.53. The molecule has 7 N–H and O–H groups in total. The minimum absolute atomic E-state index is 0.0226. The predicted molar refractivity (Wildman–Crippen MR) is 171 cm³/mol. The lowest BCUT2D eigenvalue weighted by Crippen LogP contribution is -2.63. The largest absolute Gasteiger partial charge is 0.510 e. The number of aromatic hydroxyl groups is 1. The van der Waals surface area contributed by atoms with Gasteiger partial charge < -0.3 is 31.5 Å². The van der Waals surface area contributed by atoms with Crippen LogP contribution in [0.3, 0.4) is 0 Å². The molecular formula is C35H34ClN3O7. The van der Waals surface area contributed by atoms with Crippen LogP contribution in [-0.4, -0.2) is 68.5 Å². The standard InChI is InChI=1S/C35H34ClN3O7/c1-39(2)29-24-14-20-13-23-22(19-8-6-17(7-9-19)15-38-16-18-4-3-5-21(36)12-18)10-11-25(40)27(23)30(41)26(20)32(43)35(24,46)33(44)28(31(29)42)34(37)45/h3-12,20,24,29,38,40,42-43,46H,13-16H2,1-2H3,(H2,37,45)/t20-,24-,29-,35-/m0/s1. The molecule has 238 valence electrons. The van der Waals surface area contributed by atoms with E-state index in [0.29, 0.717) is 23.7 Å². The number of ketones is 2. The fourth-order valence-corrected chi connectivity index (χ4v) is 7.53. The van der Waals surface area contributed by atoms with Crippen molar-refractivity contribution in [2.45, 2.75) is 37.6 Å². The van der Waals surface area contributed by atoms with Gasteiger partial charge in [-0.15, -0.1) is 0 Å². The number of carbonyl (C=O) groups excluding carboxylic acids is 3. The molecule has 0 saturated heterocycles. The average Bonchev–Trinajstić information content (AvgIpc) is 2.99. The minimum Gasteiger partial charge on any atom is -0.510 e. The van der Waals surface area contributed by atoms with Crippen LogP contribution in [0.1, 0.15) is 33.5 Å². The summed E-state index contributed by atoms with van der Waals surface area (Å²) in [5.41, 5.74) is 5.91. The normalized spacial score (nSPS) is 24.2. The van der Waals surface area contributed by atoms with Crippen LogP contribution < -0.4 is 11.1 Å². The number of phenolic OH excluding ortho intramolecular Hbond substituents is 1. The predicted octanol–water partition coefficient (Wildman–Crippen LogP) is 3.73. The Hall–Kier alpha value is -4.48. The zero-order chi connectivity index (χ0) is 33.1. The van der Waals surface area contributed by atoms with E-state index in [9.17, 15) is 34.8 Å². The number of likely N-dealkylation sites (N-methyl/N-ethyl adjacent to an activating group) is 1. The number of phenols is 1. The van der Waals surface area contributed by atoms with Crippen LogP contribution in [0.4, 0.5) is 0 Å². The highest BCUT2D eigenvalue weighted by atomic mass is 35.5. The van der Waals surface area contributed by atoms with Crippen LogP contribution >= 0.6 is 11.6 Å². The van der Waals surface area contributed by atoms with E-state index in [-0.39, 0.29) is 29.7 Å². The maximum atomic E-state index is 14.0. The van der Waals surface area contributed by atoms with E-state index in [1.165, 1.54) is 11.0 Å². The number of aliphatic hydroxyl groups excluding tert-OH is 2. The number of fused-ring (bicyclic) bond motifs is 3. The van der Waals surface area contributed by atoms with Crippen molar-refractivity contribution in [1.82, 2.24) is 10.2 Å². The first-order valence-corrected chi connectivity index (χ1v) is 15.3. The van der Waals surface area contributed by atoms with Crippen molar-refractivity contribution >= 4 is 29.1 Å². The second-order valence-electron chi connectivity index (χ2n) is 12.4. The monoisotopic (exact) mass is 643 g/mol. The lowest BCUT2D eigenvalue weighted by Gasteiger charge is -2.50. The van der Waals surface area contributed by atoms with Crippen molar-refractivity contribution < 1.29 is 34.8 Å². The fraction of sp³-hybridized carbons (Fsp3) is 0.286. The van der Waals surface area contributed by atoms with Crippen molar-refractivity contribution in [1.29, 1.82) is 0 Å². The summed E-state index contributed by atoms with van der Waals surface area (Å²) in [6.07, 6.45) is 0.235. The van der Waals surface area contributed by atoms with Crippen LogP contribution in [0.2, 0.25) is 5.02 Å². The molecule has 0 saturated carbocycles. The number of rotatable bonds is 7. The summed E-state index contributed by atoms with van der Waals surface area (Å²) < 4.78 is 0. The van der Waals surface area contributed by atoms with E-state index < -0.39 is 58.0 Å².